The summed E-state index contributed by atoms with van der Waals surface area (Å²) in [5.74, 6) is 1.91. The first-order chi connectivity index (χ1) is 6.32. The molecule has 0 amide bonds. The number of piperidine rings is 1. The molecule has 0 aromatic heterocycles. The third kappa shape index (κ3) is 1.02. The highest BCUT2D eigenvalue weighted by molar-refractivity contribution is 5.08. The number of hydrogen-bond donors (Lipinski definition) is 2. The lowest BCUT2D eigenvalue weighted by molar-refractivity contribution is 0.167. The van der Waals surface area contributed by atoms with Gasteiger partial charge in [0.2, 0.25) is 0 Å². The van der Waals surface area contributed by atoms with Crippen LogP contribution in [0, 0.1) is 17.3 Å². The molecular formula is C11H20N2. The zero-order chi connectivity index (χ0) is 8.89. The van der Waals surface area contributed by atoms with E-state index in [1.54, 1.807) is 0 Å². The molecule has 74 valence electrons. The number of fused-ring (bicyclic) bond motifs is 1. The van der Waals surface area contributed by atoms with Crippen molar-refractivity contribution < 1.29 is 0 Å². The normalized spacial score (nSPS) is 47.3. The number of rotatable bonds is 0. The van der Waals surface area contributed by atoms with Gasteiger partial charge in [-0.25, -0.2) is 0 Å². The van der Waals surface area contributed by atoms with E-state index in [4.69, 9.17) is 5.73 Å². The van der Waals surface area contributed by atoms with Gasteiger partial charge in [0.15, 0.2) is 0 Å². The van der Waals surface area contributed by atoms with Crippen LogP contribution in [-0.2, 0) is 0 Å². The minimum Gasteiger partial charge on any atom is -0.327 e. The smallest absolute Gasteiger partial charge is 0.0128 e. The zero-order valence-electron chi connectivity index (χ0n) is 8.26. The van der Waals surface area contributed by atoms with Crippen molar-refractivity contribution in [1.29, 1.82) is 0 Å². The van der Waals surface area contributed by atoms with Crippen molar-refractivity contribution in [1.82, 2.24) is 5.32 Å². The molecule has 0 bridgehead atoms. The summed E-state index contributed by atoms with van der Waals surface area (Å²) in [7, 11) is 0. The van der Waals surface area contributed by atoms with Gasteiger partial charge in [0.25, 0.3) is 0 Å². The summed E-state index contributed by atoms with van der Waals surface area (Å²) in [5.41, 5.74) is 6.95. The summed E-state index contributed by atoms with van der Waals surface area (Å²) in [6.07, 6.45) is 7.00. The molecule has 3 rings (SSSR count). The molecule has 0 aromatic rings. The van der Waals surface area contributed by atoms with Gasteiger partial charge in [0.05, 0.1) is 0 Å². The molecule has 2 saturated carbocycles. The molecule has 2 heteroatoms. The lowest BCUT2D eigenvalue weighted by Crippen LogP contribution is -2.47. The largest absolute Gasteiger partial charge is 0.327 e. The van der Waals surface area contributed by atoms with Crippen LogP contribution in [0.2, 0.25) is 0 Å². The second-order valence-corrected chi connectivity index (χ2v) is 5.34. The minimum atomic E-state index is 0.536. The quantitative estimate of drug-likeness (QED) is 0.586. The van der Waals surface area contributed by atoms with Crippen LogP contribution >= 0.6 is 0 Å². The molecule has 2 nitrogen and oxygen atoms in total. The van der Waals surface area contributed by atoms with Gasteiger partial charge in [0, 0.05) is 6.04 Å². The Labute approximate surface area is 80.3 Å². The molecule has 3 fully saturated rings. The maximum absolute atomic E-state index is 6.40. The molecule has 1 heterocycles. The number of hydrogen-bond acceptors (Lipinski definition) is 2. The van der Waals surface area contributed by atoms with E-state index in [1.165, 1.54) is 45.2 Å². The summed E-state index contributed by atoms with van der Waals surface area (Å²) in [6, 6.07) is 0.536. The van der Waals surface area contributed by atoms with E-state index in [0.717, 1.165) is 11.8 Å². The molecule has 3 aliphatic rings. The molecule has 1 aliphatic heterocycles. The van der Waals surface area contributed by atoms with Crippen LogP contribution in [0.4, 0.5) is 0 Å². The van der Waals surface area contributed by atoms with Gasteiger partial charge in [-0.2, -0.15) is 0 Å². The highest BCUT2D eigenvalue weighted by Crippen LogP contribution is 2.57. The van der Waals surface area contributed by atoms with Crippen molar-refractivity contribution in [3.63, 3.8) is 0 Å². The summed E-state index contributed by atoms with van der Waals surface area (Å²) in [4.78, 5) is 0. The van der Waals surface area contributed by atoms with E-state index >= 15 is 0 Å². The van der Waals surface area contributed by atoms with E-state index in [1.807, 2.05) is 0 Å². The van der Waals surface area contributed by atoms with Crippen LogP contribution < -0.4 is 11.1 Å². The van der Waals surface area contributed by atoms with E-state index in [-0.39, 0.29) is 0 Å². The number of nitrogens with two attached hydrogens (primary N) is 1. The van der Waals surface area contributed by atoms with Gasteiger partial charge < -0.3 is 11.1 Å². The van der Waals surface area contributed by atoms with E-state index in [9.17, 15) is 0 Å². The molecule has 3 atom stereocenters. The van der Waals surface area contributed by atoms with Crippen LogP contribution in [0.3, 0.4) is 0 Å². The lowest BCUT2D eigenvalue weighted by atomic mass is 9.73. The van der Waals surface area contributed by atoms with Crippen LogP contribution in [-0.4, -0.2) is 19.1 Å². The van der Waals surface area contributed by atoms with Crippen molar-refractivity contribution in [3.05, 3.63) is 0 Å². The first kappa shape index (κ1) is 8.25. The van der Waals surface area contributed by atoms with Gasteiger partial charge in [-0.05, 0) is 62.4 Å². The first-order valence-electron chi connectivity index (χ1n) is 5.78. The summed E-state index contributed by atoms with van der Waals surface area (Å²) in [5, 5.41) is 3.45. The third-order valence-corrected chi connectivity index (χ3v) is 4.91. The molecular weight excluding hydrogens is 160 g/mol. The fourth-order valence-corrected chi connectivity index (χ4v) is 3.90. The standard InChI is InChI=1S/C11H20N2/c12-10-9-2-1-8(9)7-11(10)3-5-13-6-4-11/h8-10,13H,1-7,12H2. The Hall–Kier alpha value is -0.0800. The van der Waals surface area contributed by atoms with Crippen LogP contribution in [0.1, 0.15) is 32.1 Å². The fraction of sp³-hybridized carbons (Fsp3) is 1.00. The van der Waals surface area contributed by atoms with Crippen molar-refractivity contribution in [3.8, 4) is 0 Å². The van der Waals surface area contributed by atoms with Crippen molar-refractivity contribution in [2.24, 2.45) is 23.0 Å². The topological polar surface area (TPSA) is 38.0 Å². The molecule has 0 aromatic carbocycles. The Kier molecular flexibility index (Phi) is 1.72. The Balaban J connectivity index is 1.81. The van der Waals surface area contributed by atoms with Gasteiger partial charge in [-0.3, -0.25) is 0 Å². The molecule has 1 spiro atoms. The summed E-state index contributed by atoms with van der Waals surface area (Å²) < 4.78 is 0. The fourth-order valence-electron chi connectivity index (χ4n) is 3.90. The highest BCUT2D eigenvalue weighted by Gasteiger charge is 2.54. The molecule has 2 aliphatic carbocycles. The van der Waals surface area contributed by atoms with E-state index in [0.29, 0.717) is 11.5 Å². The van der Waals surface area contributed by atoms with Crippen molar-refractivity contribution >= 4 is 0 Å². The average Bonchev–Trinajstić information content (AvgIpc) is 2.29. The predicted octanol–water partition coefficient (Wildman–Crippen LogP) is 1.11. The molecule has 13 heavy (non-hydrogen) atoms. The molecule has 1 saturated heterocycles. The maximum Gasteiger partial charge on any atom is 0.0128 e. The van der Waals surface area contributed by atoms with Gasteiger partial charge in [-0.1, -0.05) is 0 Å². The number of nitrogens with one attached hydrogen (secondary N) is 1. The summed E-state index contributed by atoms with van der Waals surface area (Å²) >= 11 is 0. The second-order valence-electron chi connectivity index (χ2n) is 5.34. The average molecular weight is 180 g/mol. The second kappa shape index (κ2) is 2.71. The first-order valence-corrected chi connectivity index (χ1v) is 5.78. The van der Waals surface area contributed by atoms with Crippen LogP contribution in [0.15, 0.2) is 0 Å². The highest BCUT2D eigenvalue weighted by atomic mass is 14.9. The zero-order valence-corrected chi connectivity index (χ0v) is 8.26. The minimum absolute atomic E-state index is 0.536. The Morgan fingerprint density at radius 3 is 2.38 bits per heavy atom. The maximum atomic E-state index is 6.40. The summed E-state index contributed by atoms with van der Waals surface area (Å²) in [6.45, 7) is 2.40. The van der Waals surface area contributed by atoms with E-state index < -0.39 is 0 Å². The molecule has 3 unspecified atom stereocenters. The van der Waals surface area contributed by atoms with Gasteiger partial charge >= 0.3 is 0 Å². The SMILES string of the molecule is NC1C2CCC2CC12CCNCC2. The Bertz CT molecular complexity index is 208. The van der Waals surface area contributed by atoms with Crippen LogP contribution in [0.25, 0.3) is 0 Å². The Morgan fingerprint density at radius 1 is 1.15 bits per heavy atom. The third-order valence-electron chi connectivity index (χ3n) is 4.91. The predicted molar refractivity (Wildman–Crippen MR) is 53.3 cm³/mol. The van der Waals surface area contributed by atoms with Crippen molar-refractivity contribution in [2.75, 3.05) is 13.1 Å². The monoisotopic (exact) mass is 180 g/mol. The van der Waals surface area contributed by atoms with E-state index in [2.05, 4.69) is 5.32 Å². The van der Waals surface area contributed by atoms with Crippen LogP contribution in [0.5, 0.6) is 0 Å². The lowest BCUT2D eigenvalue weighted by Gasteiger charge is -2.39. The Morgan fingerprint density at radius 2 is 1.92 bits per heavy atom. The molecule has 0 radical (unpaired) electrons. The molecule has 3 N–H and O–H groups in total. The van der Waals surface area contributed by atoms with Gasteiger partial charge in [0.1, 0.15) is 0 Å². The van der Waals surface area contributed by atoms with Gasteiger partial charge in [-0.15, -0.1) is 0 Å². The van der Waals surface area contributed by atoms with Crippen molar-refractivity contribution in [2.45, 2.75) is 38.1 Å².